The van der Waals surface area contributed by atoms with Crippen LogP contribution in [-0.4, -0.2) is 36.0 Å². The highest BCUT2D eigenvalue weighted by molar-refractivity contribution is 9.10. The molecule has 1 heterocycles. The molecule has 26 heavy (non-hydrogen) atoms. The number of hydrogen-bond donors (Lipinski definition) is 0. The van der Waals surface area contributed by atoms with E-state index in [1.807, 2.05) is 24.3 Å². The third-order valence-electron chi connectivity index (χ3n) is 3.53. The van der Waals surface area contributed by atoms with E-state index in [0.29, 0.717) is 28.2 Å². The predicted octanol–water partition coefficient (Wildman–Crippen LogP) is 4.49. The van der Waals surface area contributed by atoms with Crippen LogP contribution in [0.3, 0.4) is 0 Å². The Balaban J connectivity index is 1.66. The van der Waals surface area contributed by atoms with Gasteiger partial charge >= 0.3 is 0 Å². The summed E-state index contributed by atoms with van der Waals surface area (Å²) in [5, 5.41) is 8.34. The number of carbonyl (C=O) groups is 1. The van der Waals surface area contributed by atoms with Gasteiger partial charge in [-0.05, 0) is 42.5 Å². The number of thioether (sulfide) groups is 1. The molecule has 1 aromatic heterocycles. The van der Waals surface area contributed by atoms with Crippen molar-refractivity contribution in [3.8, 4) is 23.0 Å². The Morgan fingerprint density at radius 3 is 2.50 bits per heavy atom. The van der Waals surface area contributed by atoms with Crippen LogP contribution >= 0.6 is 27.7 Å². The number of benzene rings is 2. The molecule has 8 heteroatoms. The zero-order valence-corrected chi connectivity index (χ0v) is 16.5. The summed E-state index contributed by atoms with van der Waals surface area (Å²) in [6.07, 6.45) is 0. The van der Waals surface area contributed by atoms with Crippen molar-refractivity contribution in [1.29, 1.82) is 0 Å². The molecular weight excluding hydrogens is 420 g/mol. The molecule has 6 nitrogen and oxygen atoms in total. The Hall–Kier alpha value is -2.32. The van der Waals surface area contributed by atoms with Crippen LogP contribution in [0.25, 0.3) is 11.5 Å². The Bertz CT molecular complexity index is 912. The van der Waals surface area contributed by atoms with Gasteiger partial charge in [0.2, 0.25) is 5.89 Å². The van der Waals surface area contributed by atoms with Gasteiger partial charge in [0.15, 0.2) is 17.3 Å². The minimum Gasteiger partial charge on any atom is -0.493 e. The average molecular weight is 435 g/mol. The lowest BCUT2D eigenvalue weighted by Gasteiger charge is -2.08. The number of aromatic nitrogens is 2. The van der Waals surface area contributed by atoms with Crippen LogP contribution < -0.4 is 9.47 Å². The SMILES string of the molecule is COc1ccc(C(=O)CSc2nnc(-c3ccc(Br)cc3)o2)cc1OC. The van der Waals surface area contributed by atoms with Crippen LogP contribution in [-0.2, 0) is 0 Å². The van der Waals surface area contributed by atoms with Gasteiger partial charge in [0, 0.05) is 15.6 Å². The van der Waals surface area contributed by atoms with Crippen LogP contribution in [0.4, 0.5) is 0 Å². The summed E-state index contributed by atoms with van der Waals surface area (Å²) in [6.45, 7) is 0. The van der Waals surface area contributed by atoms with Crippen molar-refractivity contribution in [3.63, 3.8) is 0 Å². The number of hydrogen-bond acceptors (Lipinski definition) is 7. The molecule has 0 fully saturated rings. The molecule has 0 saturated carbocycles. The first-order valence-electron chi connectivity index (χ1n) is 7.58. The summed E-state index contributed by atoms with van der Waals surface area (Å²) in [5.41, 5.74) is 1.35. The molecule has 0 unspecified atom stereocenters. The van der Waals surface area contributed by atoms with E-state index < -0.39 is 0 Å². The number of Topliss-reactive ketones (excluding diaryl/α,β-unsaturated/α-hetero) is 1. The van der Waals surface area contributed by atoms with Gasteiger partial charge in [-0.15, -0.1) is 10.2 Å². The van der Waals surface area contributed by atoms with Gasteiger partial charge in [-0.1, -0.05) is 27.7 Å². The molecule has 0 amide bonds. The van der Waals surface area contributed by atoms with Crippen molar-refractivity contribution in [1.82, 2.24) is 10.2 Å². The molecule has 3 aromatic rings. The molecule has 2 aromatic carbocycles. The highest BCUT2D eigenvalue weighted by Gasteiger charge is 2.14. The number of ketones is 1. The lowest BCUT2D eigenvalue weighted by atomic mass is 10.1. The minimum absolute atomic E-state index is 0.0701. The fourth-order valence-corrected chi connectivity index (χ4v) is 3.12. The van der Waals surface area contributed by atoms with Crippen molar-refractivity contribution in [2.24, 2.45) is 0 Å². The van der Waals surface area contributed by atoms with Crippen molar-refractivity contribution in [2.45, 2.75) is 5.22 Å². The van der Waals surface area contributed by atoms with Crippen LogP contribution in [0.15, 0.2) is 56.6 Å². The molecule has 0 bridgehead atoms. The number of ether oxygens (including phenoxy) is 2. The fraction of sp³-hybridized carbons (Fsp3) is 0.167. The van der Waals surface area contributed by atoms with E-state index in [1.165, 1.54) is 18.9 Å². The van der Waals surface area contributed by atoms with E-state index in [0.717, 1.165) is 10.0 Å². The van der Waals surface area contributed by atoms with Crippen molar-refractivity contribution >= 4 is 33.5 Å². The number of halogens is 1. The summed E-state index contributed by atoms with van der Waals surface area (Å²) in [5.74, 6) is 1.61. The quantitative estimate of drug-likeness (QED) is 0.400. The van der Waals surface area contributed by atoms with Crippen LogP contribution in [0.5, 0.6) is 11.5 Å². The predicted molar refractivity (Wildman–Crippen MR) is 102 cm³/mol. The second kappa shape index (κ2) is 8.37. The zero-order chi connectivity index (χ0) is 18.5. The summed E-state index contributed by atoms with van der Waals surface area (Å²) < 4.78 is 17.0. The molecule has 0 atom stereocenters. The first kappa shape index (κ1) is 18.5. The largest absolute Gasteiger partial charge is 0.493 e. The van der Waals surface area contributed by atoms with Gasteiger partial charge in [0.25, 0.3) is 5.22 Å². The highest BCUT2D eigenvalue weighted by atomic mass is 79.9. The van der Waals surface area contributed by atoms with Gasteiger partial charge in [-0.3, -0.25) is 4.79 Å². The summed E-state index contributed by atoms with van der Waals surface area (Å²) in [4.78, 5) is 12.4. The molecule has 0 spiro atoms. The van der Waals surface area contributed by atoms with Gasteiger partial charge < -0.3 is 13.9 Å². The van der Waals surface area contributed by atoms with Gasteiger partial charge in [0.1, 0.15) is 0 Å². The standard InChI is InChI=1S/C18H15BrN2O4S/c1-23-15-8-5-12(9-16(15)24-2)14(22)10-26-18-21-20-17(25-18)11-3-6-13(19)7-4-11/h3-9H,10H2,1-2H3. The smallest absolute Gasteiger partial charge is 0.277 e. The maximum Gasteiger partial charge on any atom is 0.277 e. The summed E-state index contributed by atoms with van der Waals surface area (Å²) in [6, 6.07) is 12.6. The van der Waals surface area contributed by atoms with Crippen LogP contribution in [0.1, 0.15) is 10.4 Å². The minimum atomic E-state index is -0.0701. The number of methoxy groups -OCH3 is 2. The highest BCUT2D eigenvalue weighted by Crippen LogP contribution is 2.29. The zero-order valence-electron chi connectivity index (χ0n) is 14.1. The Labute approximate surface area is 163 Å². The lowest BCUT2D eigenvalue weighted by Crippen LogP contribution is -2.03. The van der Waals surface area contributed by atoms with E-state index in [4.69, 9.17) is 13.9 Å². The topological polar surface area (TPSA) is 74.5 Å². The third kappa shape index (κ3) is 4.25. The van der Waals surface area contributed by atoms with E-state index in [-0.39, 0.29) is 11.5 Å². The normalized spacial score (nSPS) is 10.6. The first-order chi connectivity index (χ1) is 12.6. The lowest BCUT2D eigenvalue weighted by molar-refractivity contribution is 0.102. The van der Waals surface area contributed by atoms with E-state index in [2.05, 4.69) is 26.1 Å². The number of nitrogens with zero attached hydrogens (tertiary/aromatic N) is 2. The maximum absolute atomic E-state index is 12.4. The Morgan fingerprint density at radius 2 is 1.81 bits per heavy atom. The summed E-state index contributed by atoms with van der Waals surface area (Å²) >= 11 is 4.57. The fourth-order valence-electron chi connectivity index (χ4n) is 2.20. The summed E-state index contributed by atoms with van der Waals surface area (Å²) in [7, 11) is 3.08. The van der Waals surface area contributed by atoms with Crippen LogP contribution in [0, 0.1) is 0 Å². The number of carbonyl (C=O) groups excluding carboxylic acids is 1. The second-order valence-electron chi connectivity index (χ2n) is 5.16. The molecule has 0 aliphatic heterocycles. The molecule has 134 valence electrons. The van der Waals surface area contributed by atoms with Crippen molar-refractivity contribution < 1.29 is 18.7 Å². The van der Waals surface area contributed by atoms with Gasteiger partial charge in [-0.25, -0.2) is 0 Å². The third-order valence-corrected chi connectivity index (χ3v) is 4.88. The van der Waals surface area contributed by atoms with E-state index in [9.17, 15) is 4.79 Å². The Kier molecular flexibility index (Phi) is 5.95. The molecule has 0 aliphatic rings. The number of rotatable bonds is 7. The van der Waals surface area contributed by atoms with E-state index in [1.54, 1.807) is 25.3 Å². The monoisotopic (exact) mass is 434 g/mol. The maximum atomic E-state index is 12.4. The molecule has 0 saturated heterocycles. The Morgan fingerprint density at radius 1 is 1.08 bits per heavy atom. The molecule has 3 rings (SSSR count). The van der Waals surface area contributed by atoms with Gasteiger partial charge in [0.05, 0.1) is 20.0 Å². The van der Waals surface area contributed by atoms with Crippen molar-refractivity contribution in [3.05, 3.63) is 52.5 Å². The van der Waals surface area contributed by atoms with Crippen LogP contribution in [0.2, 0.25) is 0 Å². The van der Waals surface area contributed by atoms with E-state index >= 15 is 0 Å². The van der Waals surface area contributed by atoms with Gasteiger partial charge in [-0.2, -0.15) is 0 Å². The molecular formula is C18H15BrN2O4S. The second-order valence-corrected chi connectivity index (χ2v) is 7.00. The first-order valence-corrected chi connectivity index (χ1v) is 9.36. The molecule has 0 radical (unpaired) electrons. The van der Waals surface area contributed by atoms with Crippen molar-refractivity contribution in [2.75, 3.05) is 20.0 Å². The molecule has 0 N–H and O–H groups in total. The average Bonchev–Trinajstić information content (AvgIpc) is 3.15. The molecule has 0 aliphatic carbocycles.